The Labute approximate surface area is 171 Å². The van der Waals surface area contributed by atoms with Gasteiger partial charge in [0.15, 0.2) is 0 Å². The quantitative estimate of drug-likeness (QED) is 0.420. The lowest BCUT2D eigenvalue weighted by molar-refractivity contribution is -0.117. The van der Waals surface area contributed by atoms with E-state index in [-0.39, 0.29) is 5.91 Å². The van der Waals surface area contributed by atoms with Crippen LogP contribution >= 0.6 is 0 Å². The minimum Gasteiger partial charge on any atom is -0.493 e. The van der Waals surface area contributed by atoms with Crippen molar-refractivity contribution in [1.82, 2.24) is 5.32 Å². The van der Waals surface area contributed by atoms with Gasteiger partial charge in [-0.3, -0.25) is 4.79 Å². The normalized spacial score (nSPS) is 17.6. The van der Waals surface area contributed by atoms with Crippen molar-refractivity contribution in [3.63, 3.8) is 0 Å². The fourth-order valence-corrected chi connectivity index (χ4v) is 3.80. The van der Waals surface area contributed by atoms with Crippen molar-refractivity contribution >= 4 is 12.0 Å². The zero-order chi connectivity index (χ0) is 19.9. The molecule has 0 saturated heterocycles. The third kappa shape index (κ3) is 9.43. The van der Waals surface area contributed by atoms with Crippen LogP contribution in [-0.4, -0.2) is 18.6 Å². The molecule has 3 nitrogen and oxygen atoms in total. The van der Waals surface area contributed by atoms with Gasteiger partial charge in [-0.05, 0) is 31.4 Å². The highest BCUT2D eigenvalue weighted by Gasteiger charge is 2.11. The van der Waals surface area contributed by atoms with Crippen LogP contribution in [0.1, 0.15) is 96.0 Å². The second-order valence-corrected chi connectivity index (χ2v) is 8.04. The van der Waals surface area contributed by atoms with Crippen LogP contribution in [0.15, 0.2) is 30.3 Å². The Balaban J connectivity index is 1.86. The van der Waals surface area contributed by atoms with Gasteiger partial charge in [0.2, 0.25) is 5.91 Å². The number of carbonyl (C=O) groups excluding carboxylic acids is 1. The summed E-state index contributed by atoms with van der Waals surface area (Å²) in [5, 5.41) is 3.25. The number of ether oxygens (including phenoxy) is 1. The molecule has 0 heterocycles. The lowest BCUT2D eigenvalue weighted by Gasteiger charge is -2.18. The summed E-state index contributed by atoms with van der Waals surface area (Å²) >= 11 is 0. The van der Waals surface area contributed by atoms with Crippen molar-refractivity contribution in [2.75, 3.05) is 6.61 Å². The molecule has 156 valence electrons. The highest BCUT2D eigenvalue weighted by Crippen LogP contribution is 2.20. The van der Waals surface area contributed by atoms with Gasteiger partial charge in [-0.2, -0.15) is 0 Å². The molecule has 0 radical (unpaired) electrons. The van der Waals surface area contributed by atoms with E-state index in [1.165, 1.54) is 57.8 Å². The van der Waals surface area contributed by atoms with E-state index in [4.69, 9.17) is 4.74 Å². The molecule has 1 N–H and O–H groups in total. The van der Waals surface area contributed by atoms with Crippen molar-refractivity contribution in [2.45, 2.75) is 96.4 Å². The number of amides is 1. The van der Waals surface area contributed by atoms with Crippen LogP contribution in [0, 0.1) is 0 Å². The monoisotopic (exact) mass is 385 g/mol. The topological polar surface area (TPSA) is 38.3 Å². The van der Waals surface area contributed by atoms with E-state index in [0.717, 1.165) is 43.6 Å². The minimum absolute atomic E-state index is 0.0143. The standard InChI is InChI=1S/C25H39NO2/c1-2-3-21-28-24-18-14-13-15-22(24)19-20-25(27)26-23-16-11-9-7-5-4-6-8-10-12-17-23/h13-15,18-20,23H,2-12,16-17,21H2,1H3,(H,26,27)/b20-19+. The van der Waals surface area contributed by atoms with E-state index in [1.807, 2.05) is 30.3 Å². The first-order chi connectivity index (χ1) is 13.8. The average molecular weight is 386 g/mol. The van der Waals surface area contributed by atoms with Gasteiger partial charge >= 0.3 is 0 Å². The molecule has 3 heteroatoms. The van der Waals surface area contributed by atoms with Gasteiger partial charge in [0.25, 0.3) is 0 Å². The summed E-state index contributed by atoms with van der Waals surface area (Å²) < 4.78 is 5.86. The van der Waals surface area contributed by atoms with Crippen LogP contribution in [-0.2, 0) is 4.79 Å². The van der Waals surface area contributed by atoms with Gasteiger partial charge in [0.05, 0.1) is 6.61 Å². The molecule has 28 heavy (non-hydrogen) atoms. The summed E-state index contributed by atoms with van der Waals surface area (Å²) in [6.07, 6.45) is 19.8. The van der Waals surface area contributed by atoms with Crippen molar-refractivity contribution in [2.24, 2.45) is 0 Å². The Morgan fingerprint density at radius 3 is 2.25 bits per heavy atom. The molecular weight excluding hydrogens is 346 g/mol. The number of hydrogen-bond donors (Lipinski definition) is 1. The highest BCUT2D eigenvalue weighted by atomic mass is 16.5. The smallest absolute Gasteiger partial charge is 0.244 e. The highest BCUT2D eigenvalue weighted by molar-refractivity contribution is 5.92. The maximum atomic E-state index is 12.5. The van der Waals surface area contributed by atoms with Crippen LogP contribution < -0.4 is 10.1 Å². The van der Waals surface area contributed by atoms with Crippen LogP contribution in [0.5, 0.6) is 5.75 Å². The SMILES string of the molecule is CCCCOc1ccccc1/C=C/C(=O)NC1CCCCCCCCCCC1. The molecule has 0 aliphatic heterocycles. The minimum atomic E-state index is 0.0143. The van der Waals surface area contributed by atoms with Crippen LogP contribution in [0.3, 0.4) is 0 Å². The molecule has 1 aliphatic rings. The summed E-state index contributed by atoms with van der Waals surface area (Å²) in [7, 11) is 0. The number of para-hydroxylation sites is 1. The molecule has 2 rings (SSSR count). The van der Waals surface area contributed by atoms with Crippen molar-refractivity contribution in [3.05, 3.63) is 35.9 Å². The van der Waals surface area contributed by atoms with Crippen molar-refractivity contribution in [1.29, 1.82) is 0 Å². The van der Waals surface area contributed by atoms with E-state index >= 15 is 0 Å². The number of carbonyl (C=O) groups is 1. The Morgan fingerprint density at radius 1 is 1.00 bits per heavy atom. The van der Waals surface area contributed by atoms with E-state index in [9.17, 15) is 4.79 Å². The molecule has 0 aromatic heterocycles. The third-order valence-electron chi connectivity index (χ3n) is 5.54. The maximum Gasteiger partial charge on any atom is 0.244 e. The largest absolute Gasteiger partial charge is 0.493 e. The second-order valence-electron chi connectivity index (χ2n) is 8.04. The van der Waals surface area contributed by atoms with Gasteiger partial charge in [-0.15, -0.1) is 0 Å². The Morgan fingerprint density at radius 2 is 1.61 bits per heavy atom. The molecule has 0 atom stereocenters. The first-order valence-electron chi connectivity index (χ1n) is 11.5. The number of nitrogens with one attached hydrogen (secondary N) is 1. The Hall–Kier alpha value is -1.77. The first-order valence-corrected chi connectivity index (χ1v) is 11.5. The second kappa shape index (κ2) is 14.3. The molecule has 0 bridgehead atoms. The number of hydrogen-bond acceptors (Lipinski definition) is 2. The maximum absolute atomic E-state index is 12.5. The molecule has 1 fully saturated rings. The third-order valence-corrected chi connectivity index (χ3v) is 5.54. The molecule has 0 spiro atoms. The molecule has 1 saturated carbocycles. The Bertz CT molecular complexity index is 570. The van der Waals surface area contributed by atoms with Gasteiger partial charge in [-0.25, -0.2) is 0 Å². The van der Waals surface area contributed by atoms with Crippen molar-refractivity contribution < 1.29 is 9.53 Å². The van der Waals surface area contributed by atoms with E-state index in [0.29, 0.717) is 6.04 Å². The van der Waals surface area contributed by atoms with Crippen LogP contribution in [0.4, 0.5) is 0 Å². The predicted molar refractivity (Wildman–Crippen MR) is 119 cm³/mol. The molecule has 1 amide bonds. The first kappa shape index (κ1) is 22.5. The number of unbranched alkanes of at least 4 members (excludes halogenated alkanes) is 1. The van der Waals surface area contributed by atoms with Gasteiger partial charge < -0.3 is 10.1 Å². The molecule has 1 aromatic rings. The lowest BCUT2D eigenvalue weighted by atomic mass is 9.98. The summed E-state index contributed by atoms with van der Waals surface area (Å²) in [5.41, 5.74) is 0.965. The summed E-state index contributed by atoms with van der Waals surface area (Å²) in [6.45, 7) is 2.87. The van der Waals surface area contributed by atoms with Gasteiger partial charge in [0.1, 0.15) is 5.75 Å². The molecular formula is C25H39NO2. The zero-order valence-electron chi connectivity index (χ0n) is 17.8. The van der Waals surface area contributed by atoms with Crippen molar-refractivity contribution in [3.8, 4) is 5.75 Å². The summed E-state index contributed by atoms with van der Waals surface area (Å²) in [6, 6.07) is 8.24. The lowest BCUT2D eigenvalue weighted by Crippen LogP contribution is -2.33. The average Bonchev–Trinajstić information content (AvgIpc) is 2.69. The molecule has 1 aromatic carbocycles. The van der Waals surface area contributed by atoms with E-state index in [2.05, 4.69) is 12.2 Å². The Kier molecular flexibility index (Phi) is 11.5. The fourth-order valence-electron chi connectivity index (χ4n) is 3.80. The fraction of sp³-hybridized carbons (Fsp3) is 0.640. The van der Waals surface area contributed by atoms with E-state index < -0.39 is 0 Å². The van der Waals surface area contributed by atoms with Crippen LogP contribution in [0.2, 0.25) is 0 Å². The number of benzene rings is 1. The summed E-state index contributed by atoms with van der Waals surface area (Å²) in [5.74, 6) is 0.867. The predicted octanol–water partition coefficient (Wildman–Crippen LogP) is 6.67. The van der Waals surface area contributed by atoms with E-state index in [1.54, 1.807) is 6.08 Å². The van der Waals surface area contributed by atoms with Gasteiger partial charge in [-0.1, -0.05) is 89.3 Å². The van der Waals surface area contributed by atoms with Crippen LogP contribution in [0.25, 0.3) is 6.08 Å². The summed E-state index contributed by atoms with van der Waals surface area (Å²) in [4.78, 5) is 12.5. The number of rotatable bonds is 7. The van der Waals surface area contributed by atoms with Gasteiger partial charge in [0, 0.05) is 17.7 Å². The zero-order valence-corrected chi connectivity index (χ0v) is 17.8. The molecule has 1 aliphatic carbocycles. The molecule has 0 unspecified atom stereocenters.